The van der Waals surface area contributed by atoms with Gasteiger partial charge in [-0.15, -0.1) is 0 Å². The van der Waals surface area contributed by atoms with E-state index >= 15 is 0 Å². The first kappa shape index (κ1) is 13.4. The lowest BCUT2D eigenvalue weighted by Crippen LogP contribution is -2.17. The highest BCUT2D eigenvalue weighted by Crippen LogP contribution is 2.12. The van der Waals surface area contributed by atoms with Gasteiger partial charge in [0.2, 0.25) is 5.28 Å². The minimum Gasteiger partial charge on any atom is -0.306 e. The van der Waals surface area contributed by atoms with Crippen LogP contribution in [0.4, 0.5) is 5.82 Å². The molecule has 0 atom stereocenters. The molecule has 6 nitrogen and oxygen atoms in total. The predicted molar refractivity (Wildman–Crippen MR) is 71.1 cm³/mol. The third-order valence-electron chi connectivity index (χ3n) is 2.44. The molecule has 7 heteroatoms. The van der Waals surface area contributed by atoms with E-state index in [1.807, 2.05) is 6.92 Å². The molecular weight excluding hydrogens is 266 g/mol. The van der Waals surface area contributed by atoms with Crippen LogP contribution in [0.3, 0.4) is 0 Å². The number of hydrogen-bond acceptors (Lipinski definition) is 5. The number of aryl methyl sites for hydroxylation is 2. The molecule has 0 radical (unpaired) electrons. The highest BCUT2D eigenvalue weighted by Gasteiger charge is 2.13. The molecule has 0 unspecified atom stereocenters. The molecule has 2 aromatic rings. The number of carbonyl (C=O) groups excluding carboxylic acids is 1. The lowest BCUT2D eigenvalue weighted by molar-refractivity contribution is 0.102. The van der Waals surface area contributed by atoms with Crippen molar-refractivity contribution in [2.75, 3.05) is 5.32 Å². The summed E-state index contributed by atoms with van der Waals surface area (Å²) < 4.78 is 0. The van der Waals surface area contributed by atoms with Crippen LogP contribution in [0.15, 0.2) is 18.3 Å². The number of hydrogen-bond donors (Lipinski definition) is 1. The summed E-state index contributed by atoms with van der Waals surface area (Å²) in [5.41, 5.74) is 1.82. The first-order chi connectivity index (χ1) is 9.10. The second kappa shape index (κ2) is 5.71. The average molecular weight is 278 g/mol. The van der Waals surface area contributed by atoms with Gasteiger partial charge in [0.05, 0.1) is 17.0 Å². The molecule has 98 valence electrons. The van der Waals surface area contributed by atoms with Gasteiger partial charge in [-0.05, 0) is 37.1 Å². The third kappa shape index (κ3) is 3.23. The van der Waals surface area contributed by atoms with E-state index < -0.39 is 0 Å². The van der Waals surface area contributed by atoms with Gasteiger partial charge >= 0.3 is 0 Å². The van der Waals surface area contributed by atoms with Gasteiger partial charge in [-0.3, -0.25) is 4.79 Å². The van der Waals surface area contributed by atoms with Crippen LogP contribution >= 0.6 is 11.6 Å². The molecule has 1 N–H and O–H groups in total. The fourth-order valence-electron chi connectivity index (χ4n) is 1.56. The number of carbonyl (C=O) groups is 1. The van der Waals surface area contributed by atoms with Crippen LogP contribution in [0.1, 0.15) is 28.7 Å². The monoisotopic (exact) mass is 277 g/mol. The number of aromatic nitrogens is 4. The lowest BCUT2D eigenvalue weighted by atomic mass is 10.1. The second-order valence-corrected chi connectivity index (χ2v) is 4.20. The Hall–Kier alpha value is -2.08. The Morgan fingerprint density at radius 3 is 2.89 bits per heavy atom. The zero-order chi connectivity index (χ0) is 13.8. The summed E-state index contributed by atoms with van der Waals surface area (Å²) in [5.74, 6) is 0.0612. The van der Waals surface area contributed by atoms with Gasteiger partial charge in [-0.2, -0.15) is 10.2 Å². The van der Waals surface area contributed by atoms with Gasteiger partial charge in [0.1, 0.15) is 5.82 Å². The largest absolute Gasteiger partial charge is 0.306 e. The number of nitrogens with zero attached hydrogens (tertiary/aromatic N) is 4. The maximum absolute atomic E-state index is 12.2. The van der Waals surface area contributed by atoms with Crippen LogP contribution in [-0.2, 0) is 6.42 Å². The second-order valence-electron chi connectivity index (χ2n) is 3.86. The Bertz CT molecular complexity index is 617. The fraction of sp³-hybridized carbons (Fsp3) is 0.250. The highest BCUT2D eigenvalue weighted by molar-refractivity contribution is 6.28. The Morgan fingerprint density at radius 2 is 2.21 bits per heavy atom. The summed E-state index contributed by atoms with van der Waals surface area (Å²) in [6, 6.07) is 3.26. The van der Waals surface area contributed by atoms with Crippen molar-refractivity contribution in [3.8, 4) is 0 Å². The van der Waals surface area contributed by atoms with E-state index in [9.17, 15) is 4.79 Å². The third-order valence-corrected chi connectivity index (χ3v) is 2.62. The van der Waals surface area contributed by atoms with Crippen molar-refractivity contribution in [3.05, 3.63) is 40.6 Å². The van der Waals surface area contributed by atoms with E-state index in [-0.39, 0.29) is 11.2 Å². The summed E-state index contributed by atoms with van der Waals surface area (Å²) in [6.07, 6.45) is 2.10. The lowest BCUT2D eigenvalue weighted by Gasteiger charge is -2.07. The zero-order valence-electron chi connectivity index (χ0n) is 10.5. The summed E-state index contributed by atoms with van der Waals surface area (Å²) in [4.78, 5) is 19.8. The normalized spacial score (nSPS) is 10.3. The molecular formula is C12H12ClN5O. The molecule has 1 amide bonds. The molecule has 2 aromatic heterocycles. The standard InChI is InChI=1S/C12H12ClN5O/c1-3-9-8(6-7(2)17-18-9)11(19)15-10-4-5-14-12(13)16-10/h4-6H,3H2,1-2H3,(H,14,15,16,19). The van der Waals surface area contributed by atoms with Crippen molar-refractivity contribution >= 4 is 23.3 Å². The number of nitrogens with one attached hydrogen (secondary N) is 1. The molecule has 0 aliphatic rings. The van der Waals surface area contributed by atoms with Crippen LogP contribution in [0, 0.1) is 6.92 Å². The highest BCUT2D eigenvalue weighted by atomic mass is 35.5. The molecule has 0 aliphatic heterocycles. The van der Waals surface area contributed by atoms with Gasteiger partial charge in [-0.1, -0.05) is 6.92 Å². The van der Waals surface area contributed by atoms with Crippen molar-refractivity contribution < 1.29 is 4.79 Å². The van der Waals surface area contributed by atoms with E-state index in [1.165, 1.54) is 6.20 Å². The van der Waals surface area contributed by atoms with Gasteiger partial charge in [0.25, 0.3) is 5.91 Å². The minimum absolute atomic E-state index is 0.0811. The van der Waals surface area contributed by atoms with Crippen LogP contribution in [0.2, 0.25) is 5.28 Å². The zero-order valence-corrected chi connectivity index (χ0v) is 11.3. The number of rotatable bonds is 3. The molecule has 0 aliphatic carbocycles. The van der Waals surface area contributed by atoms with E-state index in [2.05, 4.69) is 25.5 Å². The average Bonchev–Trinajstić information content (AvgIpc) is 2.38. The van der Waals surface area contributed by atoms with Crippen LogP contribution in [0.25, 0.3) is 0 Å². The number of anilines is 1. The van der Waals surface area contributed by atoms with Crippen molar-refractivity contribution in [2.24, 2.45) is 0 Å². The van der Waals surface area contributed by atoms with Crippen molar-refractivity contribution in [1.29, 1.82) is 0 Å². The molecule has 0 saturated carbocycles. The molecule has 0 spiro atoms. The Morgan fingerprint density at radius 1 is 1.42 bits per heavy atom. The van der Waals surface area contributed by atoms with Gasteiger partial charge in [0.15, 0.2) is 0 Å². The summed E-state index contributed by atoms with van der Waals surface area (Å²) in [7, 11) is 0. The van der Waals surface area contributed by atoms with Gasteiger partial charge < -0.3 is 5.32 Å². The fourth-order valence-corrected chi connectivity index (χ4v) is 1.71. The molecule has 0 aromatic carbocycles. The van der Waals surface area contributed by atoms with Crippen LogP contribution in [-0.4, -0.2) is 26.1 Å². The first-order valence-electron chi connectivity index (χ1n) is 5.73. The van der Waals surface area contributed by atoms with Crippen LogP contribution in [0.5, 0.6) is 0 Å². The van der Waals surface area contributed by atoms with E-state index in [0.717, 1.165) is 0 Å². The quantitative estimate of drug-likeness (QED) is 0.869. The molecule has 0 fully saturated rings. The van der Waals surface area contributed by atoms with Crippen LogP contribution < -0.4 is 5.32 Å². The molecule has 19 heavy (non-hydrogen) atoms. The smallest absolute Gasteiger partial charge is 0.258 e. The van der Waals surface area contributed by atoms with Crippen molar-refractivity contribution in [3.63, 3.8) is 0 Å². The van der Waals surface area contributed by atoms with Gasteiger partial charge in [-0.25, -0.2) is 9.97 Å². The maximum Gasteiger partial charge on any atom is 0.258 e. The summed E-state index contributed by atoms with van der Waals surface area (Å²) in [6.45, 7) is 3.70. The predicted octanol–water partition coefficient (Wildman–Crippen LogP) is 2.04. The molecule has 0 saturated heterocycles. The van der Waals surface area contributed by atoms with Crippen molar-refractivity contribution in [2.45, 2.75) is 20.3 Å². The Labute approximate surface area is 115 Å². The molecule has 2 heterocycles. The van der Waals surface area contributed by atoms with E-state index in [4.69, 9.17) is 11.6 Å². The molecule has 0 bridgehead atoms. The maximum atomic E-state index is 12.2. The summed E-state index contributed by atoms with van der Waals surface area (Å²) in [5, 5.41) is 10.7. The van der Waals surface area contributed by atoms with Crippen molar-refractivity contribution in [1.82, 2.24) is 20.2 Å². The Kier molecular flexibility index (Phi) is 4.01. The Balaban J connectivity index is 2.27. The first-order valence-corrected chi connectivity index (χ1v) is 6.11. The molecule has 2 rings (SSSR count). The van der Waals surface area contributed by atoms with Gasteiger partial charge in [0, 0.05) is 6.20 Å². The SMILES string of the molecule is CCc1nnc(C)cc1C(=O)Nc1ccnc(Cl)n1. The number of amides is 1. The van der Waals surface area contributed by atoms with E-state index in [0.29, 0.717) is 29.2 Å². The number of halogens is 1. The topological polar surface area (TPSA) is 80.7 Å². The minimum atomic E-state index is -0.287. The summed E-state index contributed by atoms with van der Waals surface area (Å²) >= 11 is 5.66. The van der Waals surface area contributed by atoms with E-state index in [1.54, 1.807) is 19.1 Å².